The minimum atomic E-state index is -0.0670. The van der Waals surface area contributed by atoms with E-state index in [0.29, 0.717) is 34.1 Å². The Labute approximate surface area is 189 Å². The number of benzene rings is 1. The fourth-order valence-corrected chi connectivity index (χ4v) is 5.97. The summed E-state index contributed by atoms with van der Waals surface area (Å²) in [5, 5.41) is 3.56. The van der Waals surface area contributed by atoms with E-state index in [4.69, 9.17) is 16.3 Å². The molecule has 1 N–H and O–H groups in total. The van der Waals surface area contributed by atoms with E-state index < -0.39 is 0 Å². The zero-order chi connectivity index (χ0) is 21.4. The molecule has 1 heterocycles. The van der Waals surface area contributed by atoms with E-state index in [9.17, 15) is 9.59 Å². The Balaban J connectivity index is 1.13. The number of rotatable bonds is 5. The molecule has 1 aliphatic heterocycles. The molecule has 1 aromatic carbocycles. The molecule has 4 aliphatic rings. The topological polar surface area (TPSA) is 58.6 Å². The Kier molecular flexibility index (Phi) is 5.96. The highest BCUT2D eigenvalue weighted by atomic mass is 35.5. The fraction of sp³-hybridized carbons (Fsp3) is 0.600. The van der Waals surface area contributed by atoms with Crippen molar-refractivity contribution in [2.75, 3.05) is 13.1 Å². The number of carbonyl (C=O) groups is 2. The molecule has 2 saturated carbocycles. The predicted molar refractivity (Wildman–Crippen MR) is 120 cm³/mol. The zero-order valence-electron chi connectivity index (χ0n) is 17.9. The van der Waals surface area contributed by atoms with Gasteiger partial charge in [-0.1, -0.05) is 36.6 Å². The molecule has 3 aliphatic carbocycles. The van der Waals surface area contributed by atoms with Crippen molar-refractivity contribution in [3.63, 3.8) is 0 Å². The Morgan fingerprint density at radius 1 is 1.03 bits per heavy atom. The lowest BCUT2D eigenvalue weighted by Crippen LogP contribution is -2.45. The highest BCUT2D eigenvalue weighted by Gasteiger charge is 2.42. The number of nitrogens with zero attached hydrogens (tertiary/aromatic N) is 1. The van der Waals surface area contributed by atoms with Gasteiger partial charge in [-0.15, -0.1) is 0 Å². The Morgan fingerprint density at radius 2 is 1.81 bits per heavy atom. The first-order valence-electron chi connectivity index (χ1n) is 11.8. The molecule has 2 bridgehead atoms. The molecular formula is C25H31ClN2O3. The van der Waals surface area contributed by atoms with Gasteiger partial charge in [0.25, 0.3) is 5.91 Å². The quantitative estimate of drug-likeness (QED) is 0.678. The molecule has 6 heteroatoms. The van der Waals surface area contributed by atoms with Crippen molar-refractivity contribution in [1.82, 2.24) is 10.2 Å². The molecule has 3 fully saturated rings. The third kappa shape index (κ3) is 4.48. The number of likely N-dealkylation sites (tertiary alicyclic amines) is 1. The highest BCUT2D eigenvalue weighted by molar-refractivity contribution is 6.32. The summed E-state index contributed by atoms with van der Waals surface area (Å²) in [6.45, 7) is 1.47. The smallest absolute Gasteiger partial charge is 0.251 e. The number of ether oxygens (including phenoxy) is 1. The molecule has 0 spiro atoms. The third-order valence-corrected chi connectivity index (χ3v) is 7.82. The second-order valence-electron chi connectivity index (χ2n) is 9.63. The van der Waals surface area contributed by atoms with E-state index in [1.807, 2.05) is 4.90 Å². The van der Waals surface area contributed by atoms with Crippen LogP contribution in [0.1, 0.15) is 61.7 Å². The summed E-state index contributed by atoms with van der Waals surface area (Å²) in [5.41, 5.74) is 0.574. The van der Waals surface area contributed by atoms with Crippen LogP contribution in [0, 0.1) is 17.8 Å². The Morgan fingerprint density at radius 3 is 2.45 bits per heavy atom. The van der Waals surface area contributed by atoms with Gasteiger partial charge < -0.3 is 15.0 Å². The van der Waals surface area contributed by atoms with Crippen LogP contribution in [0.3, 0.4) is 0 Å². The molecule has 1 aromatic rings. The van der Waals surface area contributed by atoms with Gasteiger partial charge in [-0.2, -0.15) is 0 Å². The average molecular weight is 443 g/mol. The van der Waals surface area contributed by atoms with E-state index in [2.05, 4.69) is 17.5 Å². The second-order valence-corrected chi connectivity index (χ2v) is 10.0. The van der Waals surface area contributed by atoms with E-state index in [0.717, 1.165) is 51.6 Å². The van der Waals surface area contributed by atoms with Crippen LogP contribution in [-0.4, -0.2) is 41.9 Å². The first kappa shape index (κ1) is 20.9. The summed E-state index contributed by atoms with van der Waals surface area (Å²) in [6, 6.07) is 5.56. The molecule has 166 valence electrons. The maximum atomic E-state index is 12.9. The monoisotopic (exact) mass is 442 g/mol. The summed E-state index contributed by atoms with van der Waals surface area (Å²) in [5.74, 6) is 2.13. The number of hydrogen-bond donors (Lipinski definition) is 1. The summed E-state index contributed by atoms with van der Waals surface area (Å²) in [4.78, 5) is 27.4. The molecule has 1 saturated heterocycles. The number of allylic oxidation sites excluding steroid dienone is 2. The highest BCUT2D eigenvalue weighted by Crippen LogP contribution is 2.44. The summed E-state index contributed by atoms with van der Waals surface area (Å²) in [7, 11) is 0. The number of hydrogen-bond acceptors (Lipinski definition) is 3. The van der Waals surface area contributed by atoms with Crippen LogP contribution < -0.4 is 10.1 Å². The Hall–Kier alpha value is -2.01. The van der Waals surface area contributed by atoms with Crippen molar-refractivity contribution < 1.29 is 14.3 Å². The van der Waals surface area contributed by atoms with Crippen LogP contribution in [0.2, 0.25) is 5.02 Å². The third-order valence-electron chi connectivity index (χ3n) is 7.53. The lowest BCUT2D eigenvalue weighted by atomic mass is 9.91. The van der Waals surface area contributed by atoms with Gasteiger partial charge in [0.05, 0.1) is 5.02 Å². The summed E-state index contributed by atoms with van der Waals surface area (Å²) in [6.07, 6.45) is 12.8. The maximum Gasteiger partial charge on any atom is 0.251 e. The SMILES string of the molecule is O=C(NC1CCCC1)c1ccc(OC2CCN(C(=O)[C@H]3C[C@@H]4C=C[C@H]3C4)CC2)c(Cl)c1. The second kappa shape index (κ2) is 8.85. The van der Waals surface area contributed by atoms with Crippen LogP contribution in [0.4, 0.5) is 0 Å². The summed E-state index contributed by atoms with van der Waals surface area (Å²) < 4.78 is 6.14. The number of fused-ring (bicyclic) bond motifs is 2. The van der Waals surface area contributed by atoms with Crippen molar-refractivity contribution >= 4 is 23.4 Å². The van der Waals surface area contributed by atoms with Crippen LogP contribution in [0.15, 0.2) is 30.4 Å². The van der Waals surface area contributed by atoms with Crippen LogP contribution in [0.5, 0.6) is 5.75 Å². The van der Waals surface area contributed by atoms with Crippen LogP contribution >= 0.6 is 11.6 Å². The van der Waals surface area contributed by atoms with Crippen molar-refractivity contribution in [2.24, 2.45) is 17.8 Å². The molecule has 0 unspecified atom stereocenters. The average Bonchev–Trinajstić information content (AvgIpc) is 3.54. The summed E-state index contributed by atoms with van der Waals surface area (Å²) >= 11 is 6.43. The van der Waals surface area contributed by atoms with E-state index in [1.54, 1.807) is 18.2 Å². The van der Waals surface area contributed by atoms with E-state index in [-0.39, 0.29) is 24.0 Å². The molecule has 0 aromatic heterocycles. The van der Waals surface area contributed by atoms with Gasteiger partial charge in [-0.05, 0) is 55.7 Å². The molecule has 2 amide bonds. The fourth-order valence-electron chi connectivity index (χ4n) is 5.75. The number of amides is 2. The van der Waals surface area contributed by atoms with Gasteiger partial charge >= 0.3 is 0 Å². The van der Waals surface area contributed by atoms with E-state index in [1.165, 1.54) is 12.8 Å². The first-order valence-corrected chi connectivity index (χ1v) is 12.2. The molecule has 5 nitrogen and oxygen atoms in total. The molecule has 0 radical (unpaired) electrons. The minimum Gasteiger partial charge on any atom is -0.489 e. The largest absolute Gasteiger partial charge is 0.489 e. The molecule has 3 atom stereocenters. The zero-order valence-corrected chi connectivity index (χ0v) is 18.7. The molecular weight excluding hydrogens is 412 g/mol. The number of carbonyl (C=O) groups excluding carboxylic acids is 2. The van der Waals surface area contributed by atoms with Crippen LogP contribution in [-0.2, 0) is 4.79 Å². The van der Waals surface area contributed by atoms with E-state index >= 15 is 0 Å². The van der Waals surface area contributed by atoms with Gasteiger partial charge in [0.1, 0.15) is 11.9 Å². The van der Waals surface area contributed by atoms with Gasteiger partial charge in [0, 0.05) is 43.5 Å². The maximum absolute atomic E-state index is 12.9. The Bertz CT molecular complexity index is 872. The van der Waals surface area contributed by atoms with Crippen LogP contribution in [0.25, 0.3) is 0 Å². The predicted octanol–water partition coefficient (Wildman–Crippen LogP) is 4.59. The van der Waals surface area contributed by atoms with Crippen molar-refractivity contribution in [3.05, 3.63) is 40.9 Å². The normalized spacial score (nSPS) is 28.3. The van der Waals surface area contributed by atoms with Crippen molar-refractivity contribution in [1.29, 1.82) is 0 Å². The lowest BCUT2D eigenvalue weighted by molar-refractivity contribution is -0.138. The number of nitrogens with one attached hydrogen (secondary N) is 1. The molecule has 5 rings (SSSR count). The van der Waals surface area contributed by atoms with Gasteiger partial charge in [0.15, 0.2) is 0 Å². The van der Waals surface area contributed by atoms with Gasteiger partial charge in [-0.3, -0.25) is 9.59 Å². The van der Waals surface area contributed by atoms with Crippen molar-refractivity contribution in [2.45, 2.75) is 63.5 Å². The lowest BCUT2D eigenvalue weighted by Gasteiger charge is -2.35. The number of halogens is 1. The molecule has 31 heavy (non-hydrogen) atoms. The van der Waals surface area contributed by atoms with Gasteiger partial charge in [0.2, 0.25) is 5.91 Å². The first-order chi connectivity index (χ1) is 15.1. The van der Waals surface area contributed by atoms with Gasteiger partial charge in [-0.25, -0.2) is 0 Å². The number of piperidine rings is 1. The minimum absolute atomic E-state index is 0.0413. The van der Waals surface area contributed by atoms with Crippen molar-refractivity contribution in [3.8, 4) is 5.75 Å². The standard InChI is InChI=1S/C25H31ClN2O3/c26-22-15-18(24(29)27-19-3-1-2-4-19)7-8-23(22)31-20-9-11-28(12-10-20)25(30)21-14-16-5-6-17(21)13-16/h5-8,15-17,19-21H,1-4,9-14H2,(H,27,29)/t16-,17+,21+/m1/s1.